The van der Waals surface area contributed by atoms with Gasteiger partial charge in [0.15, 0.2) is 0 Å². The number of fused-ring (bicyclic) bond motifs is 6. The molecule has 0 aromatic heterocycles. The van der Waals surface area contributed by atoms with Crippen molar-refractivity contribution < 1.29 is 0 Å². The third-order valence-electron chi connectivity index (χ3n) is 16.9. The summed E-state index contributed by atoms with van der Waals surface area (Å²) in [6.45, 7) is 21.3. The molecule has 0 radical (unpaired) electrons. The Morgan fingerprint density at radius 3 is 1.79 bits per heavy atom. The molecule has 0 bridgehead atoms. The first kappa shape index (κ1) is 36.0. The van der Waals surface area contributed by atoms with Gasteiger partial charge < -0.3 is 9.80 Å². The highest BCUT2D eigenvalue weighted by Gasteiger charge is 2.77. The van der Waals surface area contributed by atoms with E-state index in [-0.39, 0.29) is 27.1 Å². The molecule has 0 heterocycles. The lowest BCUT2D eigenvalue weighted by molar-refractivity contribution is -0.206. The zero-order valence-electron chi connectivity index (χ0n) is 34.6. The van der Waals surface area contributed by atoms with Crippen LogP contribution in [0.1, 0.15) is 96.9 Å². The zero-order valence-corrected chi connectivity index (χ0v) is 34.6. The van der Waals surface area contributed by atoms with Crippen molar-refractivity contribution in [3.63, 3.8) is 0 Å². The van der Waals surface area contributed by atoms with Crippen LogP contribution in [0.5, 0.6) is 0 Å². The molecule has 3 aromatic carbocycles. The predicted octanol–water partition coefficient (Wildman–Crippen LogP) is 12.4. The Kier molecular flexibility index (Phi) is 7.96. The summed E-state index contributed by atoms with van der Waals surface area (Å²) in [5.41, 5.74) is 15.0. The Labute approximate surface area is 321 Å². The Morgan fingerprint density at radius 2 is 1.25 bits per heavy atom. The minimum atomic E-state index is -0.463. The van der Waals surface area contributed by atoms with Gasteiger partial charge in [0.1, 0.15) is 0 Å². The molecule has 0 saturated heterocycles. The maximum atomic E-state index is 2.74. The third kappa shape index (κ3) is 4.27. The van der Waals surface area contributed by atoms with E-state index in [0.717, 1.165) is 19.3 Å². The minimum absolute atomic E-state index is 0.0235. The van der Waals surface area contributed by atoms with Crippen LogP contribution in [0.25, 0.3) is 5.57 Å². The number of rotatable bonds is 6. The van der Waals surface area contributed by atoms with E-state index >= 15 is 0 Å². The largest absolute Gasteiger partial charge is 0.378 e. The number of allylic oxidation sites excluding steroid dienone is 10. The summed E-state index contributed by atoms with van der Waals surface area (Å²) in [4.78, 5) is 4.47. The van der Waals surface area contributed by atoms with Crippen molar-refractivity contribution in [2.24, 2.45) is 33.0 Å². The quantitative estimate of drug-likeness (QED) is 0.252. The minimum Gasteiger partial charge on any atom is -0.378 e. The van der Waals surface area contributed by atoms with Crippen molar-refractivity contribution in [2.45, 2.75) is 86.5 Å². The fourth-order valence-electron chi connectivity index (χ4n) is 12.8. The van der Waals surface area contributed by atoms with Gasteiger partial charge in [0, 0.05) is 50.4 Å². The topological polar surface area (TPSA) is 6.48 Å². The fraction of sp³-hybridized carbons (Fsp3) is 0.451. The molecule has 3 unspecified atom stereocenters. The van der Waals surface area contributed by atoms with E-state index in [1.165, 1.54) is 45.6 Å². The van der Waals surface area contributed by atoms with E-state index in [2.05, 4.69) is 197 Å². The summed E-state index contributed by atoms with van der Waals surface area (Å²) >= 11 is 0. The third-order valence-corrected chi connectivity index (χ3v) is 16.9. The lowest BCUT2D eigenvalue weighted by Gasteiger charge is -2.78. The zero-order chi connectivity index (χ0) is 37.9. The summed E-state index contributed by atoms with van der Waals surface area (Å²) in [5.74, 6) is 0.428. The number of benzene rings is 3. The summed E-state index contributed by atoms with van der Waals surface area (Å²) in [6.07, 6.45) is 16.5. The van der Waals surface area contributed by atoms with Crippen LogP contribution >= 0.6 is 0 Å². The van der Waals surface area contributed by atoms with Crippen molar-refractivity contribution in [1.82, 2.24) is 0 Å². The monoisotopic (exact) mass is 702 g/mol. The van der Waals surface area contributed by atoms with E-state index in [0.29, 0.717) is 5.92 Å². The Balaban J connectivity index is 1.60. The maximum Gasteiger partial charge on any atom is 0.0513 e. The first-order chi connectivity index (χ1) is 25.0. The normalized spacial score (nSPS) is 27.5. The van der Waals surface area contributed by atoms with Crippen LogP contribution in [0.3, 0.4) is 0 Å². The Hall–Kier alpha value is -4.04. The molecule has 2 heteroatoms. The van der Waals surface area contributed by atoms with Crippen LogP contribution in [-0.4, -0.2) is 28.2 Å². The molecule has 0 N–H and O–H groups in total. The van der Waals surface area contributed by atoms with Crippen molar-refractivity contribution in [3.8, 4) is 0 Å². The second-order valence-corrected chi connectivity index (χ2v) is 19.2. The van der Waals surface area contributed by atoms with Crippen LogP contribution < -0.4 is 9.80 Å². The summed E-state index contributed by atoms with van der Waals surface area (Å²) in [7, 11) is 8.63. The predicted molar refractivity (Wildman–Crippen MR) is 228 cm³/mol. The maximum absolute atomic E-state index is 2.74. The Bertz CT molecular complexity index is 2070. The number of anilines is 2. The lowest BCUT2D eigenvalue weighted by atomic mass is 9.25. The molecular weight excluding hydrogens is 641 g/mol. The van der Waals surface area contributed by atoms with Gasteiger partial charge in [-0.05, 0) is 111 Å². The average Bonchev–Trinajstić information content (AvgIpc) is 3.81. The highest BCUT2D eigenvalue weighted by molar-refractivity contribution is 5.93. The standard InChI is InChI=1S/C51H62N2/c1-46(2)47(3,4)49(7)43-24-18-17-23-41(43)44-40-22-16-13-19-34(40)33-42(44)45(49)50(8,48(46,5)6)51(35-20-14-15-21-35,36-25-29-38(30-26-36)52(9)10)37-27-31-39(32-28-37)53(11)12/h13-17,19-20,22-23,25-32,43H,18,21,24,33H2,1-12H3. The van der Waals surface area contributed by atoms with Gasteiger partial charge in [-0.2, -0.15) is 0 Å². The molecule has 0 spiro atoms. The second-order valence-electron chi connectivity index (χ2n) is 19.2. The first-order valence-corrected chi connectivity index (χ1v) is 20.1. The van der Waals surface area contributed by atoms with Gasteiger partial charge in [-0.25, -0.2) is 0 Å². The van der Waals surface area contributed by atoms with Gasteiger partial charge in [0.05, 0.1) is 5.41 Å². The summed E-state index contributed by atoms with van der Waals surface area (Å²) in [5, 5.41) is 0. The molecule has 0 amide bonds. The van der Waals surface area contributed by atoms with E-state index < -0.39 is 5.41 Å². The van der Waals surface area contributed by atoms with Gasteiger partial charge in [0.25, 0.3) is 0 Å². The van der Waals surface area contributed by atoms with Crippen molar-refractivity contribution >= 4 is 16.9 Å². The van der Waals surface area contributed by atoms with Gasteiger partial charge >= 0.3 is 0 Å². The molecule has 1 saturated carbocycles. The van der Waals surface area contributed by atoms with Crippen molar-refractivity contribution in [1.29, 1.82) is 0 Å². The molecule has 0 aliphatic heterocycles. The lowest BCUT2D eigenvalue weighted by Crippen LogP contribution is -2.72. The molecule has 3 aromatic rings. The smallest absolute Gasteiger partial charge is 0.0513 e. The SMILES string of the molecule is CN(C)c1ccc(C(C2=CC=CC2)(c2ccc(N(C)C)cc2)C2(C)C3=C4Cc5ccccc5C4=C4C=CCCC4C3(C)C(C)(C)C(C)(C)C2(C)C)cc1. The fourth-order valence-corrected chi connectivity index (χ4v) is 12.8. The molecule has 53 heavy (non-hydrogen) atoms. The first-order valence-electron chi connectivity index (χ1n) is 20.1. The van der Waals surface area contributed by atoms with Crippen LogP contribution in [0.4, 0.5) is 11.4 Å². The van der Waals surface area contributed by atoms with Crippen LogP contribution in [-0.2, 0) is 11.8 Å². The van der Waals surface area contributed by atoms with Crippen LogP contribution in [0, 0.1) is 33.0 Å². The van der Waals surface area contributed by atoms with Gasteiger partial charge in [-0.3, -0.25) is 0 Å². The van der Waals surface area contributed by atoms with E-state index in [1.54, 1.807) is 22.3 Å². The van der Waals surface area contributed by atoms with Crippen LogP contribution in [0.2, 0.25) is 0 Å². The summed E-state index contributed by atoms with van der Waals surface area (Å²) in [6, 6.07) is 28.8. The van der Waals surface area contributed by atoms with E-state index in [9.17, 15) is 0 Å². The number of hydrogen-bond acceptors (Lipinski definition) is 2. The van der Waals surface area contributed by atoms with Crippen molar-refractivity contribution in [2.75, 3.05) is 38.0 Å². The molecule has 276 valence electrons. The number of nitrogens with zero attached hydrogens (tertiary/aromatic N) is 2. The molecule has 8 rings (SSSR count). The molecule has 2 nitrogen and oxygen atoms in total. The Morgan fingerprint density at radius 1 is 0.660 bits per heavy atom. The average molecular weight is 703 g/mol. The van der Waals surface area contributed by atoms with Gasteiger partial charge in [-0.15, -0.1) is 0 Å². The van der Waals surface area contributed by atoms with E-state index in [1.807, 2.05) is 0 Å². The van der Waals surface area contributed by atoms with Gasteiger partial charge in [0.2, 0.25) is 0 Å². The summed E-state index contributed by atoms with van der Waals surface area (Å²) < 4.78 is 0. The van der Waals surface area contributed by atoms with Crippen LogP contribution in [0.15, 0.2) is 125 Å². The van der Waals surface area contributed by atoms with E-state index in [4.69, 9.17) is 0 Å². The molecule has 5 aliphatic rings. The molecule has 3 atom stereocenters. The number of hydrogen-bond donors (Lipinski definition) is 0. The molecule has 1 fully saturated rings. The molecular formula is C51H62N2. The van der Waals surface area contributed by atoms with Gasteiger partial charge in [-0.1, -0.05) is 145 Å². The second kappa shape index (κ2) is 11.7. The van der Waals surface area contributed by atoms with Crippen molar-refractivity contribution in [3.05, 3.63) is 148 Å². The highest BCUT2D eigenvalue weighted by Crippen LogP contribution is 2.83. The molecule has 5 aliphatic carbocycles. The highest BCUT2D eigenvalue weighted by atomic mass is 15.1.